The lowest BCUT2D eigenvalue weighted by Crippen LogP contribution is -2.27. The Morgan fingerprint density at radius 2 is 2.50 bits per heavy atom. The van der Waals surface area contributed by atoms with E-state index in [1.54, 1.807) is 6.92 Å². The largest absolute Gasteiger partial charge is 0.288 e. The molecule has 3 atom stereocenters. The third-order valence-electron chi connectivity index (χ3n) is 3.26. The molecule has 3 heteroatoms. The SMILES string of the molecule is CC(=O)SCC1(C#N)CC2C=CC1C2. The van der Waals surface area contributed by atoms with Crippen LogP contribution in [0.4, 0.5) is 0 Å². The van der Waals surface area contributed by atoms with Crippen LogP contribution in [-0.4, -0.2) is 10.9 Å². The maximum atomic E-state index is 10.9. The number of fused-ring (bicyclic) bond motifs is 2. The Hall–Kier alpha value is -0.750. The summed E-state index contributed by atoms with van der Waals surface area (Å²) in [5.74, 6) is 1.65. The zero-order valence-corrected chi connectivity index (χ0v) is 9.01. The highest BCUT2D eigenvalue weighted by Crippen LogP contribution is 2.53. The number of allylic oxidation sites excluding steroid dienone is 2. The molecule has 74 valence electrons. The molecule has 1 saturated carbocycles. The summed E-state index contributed by atoms with van der Waals surface area (Å²) in [7, 11) is 0. The van der Waals surface area contributed by atoms with Gasteiger partial charge in [-0.25, -0.2) is 0 Å². The van der Waals surface area contributed by atoms with Crippen molar-refractivity contribution in [3.63, 3.8) is 0 Å². The van der Waals surface area contributed by atoms with Gasteiger partial charge in [0.1, 0.15) is 0 Å². The fraction of sp³-hybridized carbons (Fsp3) is 0.636. The third kappa shape index (κ3) is 1.48. The van der Waals surface area contributed by atoms with Gasteiger partial charge in [0.2, 0.25) is 0 Å². The van der Waals surface area contributed by atoms with Gasteiger partial charge in [-0.2, -0.15) is 5.26 Å². The second kappa shape index (κ2) is 3.43. The van der Waals surface area contributed by atoms with Gasteiger partial charge in [0.25, 0.3) is 0 Å². The first kappa shape index (κ1) is 9.79. The van der Waals surface area contributed by atoms with Gasteiger partial charge in [0.05, 0.1) is 11.5 Å². The summed E-state index contributed by atoms with van der Waals surface area (Å²) >= 11 is 1.30. The highest BCUT2D eigenvalue weighted by atomic mass is 32.2. The number of thioether (sulfide) groups is 1. The lowest BCUT2D eigenvalue weighted by molar-refractivity contribution is -0.109. The van der Waals surface area contributed by atoms with Gasteiger partial charge in [-0.1, -0.05) is 23.9 Å². The predicted molar refractivity (Wildman–Crippen MR) is 56.5 cm³/mol. The Kier molecular flexibility index (Phi) is 2.40. The van der Waals surface area contributed by atoms with E-state index in [0.717, 1.165) is 12.8 Å². The van der Waals surface area contributed by atoms with E-state index in [4.69, 9.17) is 0 Å². The van der Waals surface area contributed by atoms with Crippen LogP contribution in [0.15, 0.2) is 12.2 Å². The van der Waals surface area contributed by atoms with Crippen LogP contribution >= 0.6 is 11.8 Å². The van der Waals surface area contributed by atoms with Crippen LogP contribution in [-0.2, 0) is 4.79 Å². The van der Waals surface area contributed by atoms with Crippen molar-refractivity contribution in [2.75, 3.05) is 5.75 Å². The summed E-state index contributed by atoms with van der Waals surface area (Å²) in [5, 5.41) is 9.36. The van der Waals surface area contributed by atoms with Crippen LogP contribution in [0.1, 0.15) is 19.8 Å². The summed E-state index contributed by atoms with van der Waals surface area (Å²) in [6.07, 6.45) is 6.45. The Morgan fingerprint density at radius 3 is 2.93 bits per heavy atom. The number of carbonyl (C=O) groups is 1. The number of rotatable bonds is 2. The molecule has 1 fully saturated rings. The molecule has 0 heterocycles. The molecule has 2 nitrogen and oxygen atoms in total. The molecule has 0 spiro atoms. The monoisotopic (exact) mass is 207 g/mol. The predicted octanol–water partition coefficient (Wildman–Crippen LogP) is 2.37. The van der Waals surface area contributed by atoms with Gasteiger partial charge >= 0.3 is 0 Å². The summed E-state index contributed by atoms with van der Waals surface area (Å²) < 4.78 is 0. The van der Waals surface area contributed by atoms with Crippen LogP contribution in [0.3, 0.4) is 0 Å². The van der Waals surface area contributed by atoms with Crippen LogP contribution in [0.25, 0.3) is 0 Å². The molecule has 0 aliphatic heterocycles. The molecular formula is C11H13NOS. The summed E-state index contributed by atoms with van der Waals surface area (Å²) in [6.45, 7) is 1.57. The van der Waals surface area contributed by atoms with E-state index >= 15 is 0 Å². The zero-order chi connectivity index (χ0) is 10.2. The van der Waals surface area contributed by atoms with Crippen molar-refractivity contribution in [1.82, 2.24) is 0 Å². The van der Waals surface area contributed by atoms with E-state index in [2.05, 4.69) is 18.2 Å². The molecule has 0 saturated heterocycles. The first-order valence-electron chi connectivity index (χ1n) is 4.89. The van der Waals surface area contributed by atoms with E-state index < -0.39 is 0 Å². The summed E-state index contributed by atoms with van der Waals surface area (Å²) in [4.78, 5) is 10.9. The van der Waals surface area contributed by atoms with Gasteiger partial charge in [-0.05, 0) is 24.7 Å². The van der Waals surface area contributed by atoms with E-state index in [9.17, 15) is 10.1 Å². The molecule has 0 aromatic carbocycles. The number of hydrogen-bond acceptors (Lipinski definition) is 3. The van der Waals surface area contributed by atoms with Crippen LogP contribution < -0.4 is 0 Å². The maximum absolute atomic E-state index is 10.9. The van der Waals surface area contributed by atoms with E-state index in [1.165, 1.54) is 11.8 Å². The minimum absolute atomic E-state index is 0.117. The van der Waals surface area contributed by atoms with Crippen molar-refractivity contribution < 1.29 is 4.79 Å². The molecular weight excluding hydrogens is 194 g/mol. The van der Waals surface area contributed by atoms with Gasteiger partial charge in [0.15, 0.2) is 5.12 Å². The number of hydrogen-bond donors (Lipinski definition) is 0. The normalized spacial score (nSPS) is 38.6. The van der Waals surface area contributed by atoms with Gasteiger partial charge in [-0.3, -0.25) is 4.79 Å². The molecule has 0 aromatic heterocycles. The minimum Gasteiger partial charge on any atom is -0.288 e. The van der Waals surface area contributed by atoms with Crippen molar-refractivity contribution in [3.05, 3.63) is 12.2 Å². The standard InChI is InChI=1S/C11H13NOS/c1-8(13)14-7-11(6-12)5-9-2-3-10(11)4-9/h2-3,9-10H,4-5,7H2,1H3. The van der Waals surface area contributed by atoms with Crippen molar-refractivity contribution in [2.45, 2.75) is 19.8 Å². The minimum atomic E-state index is -0.254. The quantitative estimate of drug-likeness (QED) is 0.653. The second-order valence-electron chi connectivity index (χ2n) is 4.24. The van der Waals surface area contributed by atoms with Gasteiger partial charge < -0.3 is 0 Å². The number of nitrogens with zero attached hydrogens (tertiary/aromatic N) is 1. The van der Waals surface area contributed by atoms with Crippen molar-refractivity contribution >= 4 is 16.9 Å². The van der Waals surface area contributed by atoms with Crippen LogP contribution in [0.2, 0.25) is 0 Å². The number of carbonyl (C=O) groups excluding carboxylic acids is 1. The maximum Gasteiger partial charge on any atom is 0.185 e. The second-order valence-corrected chi connectivity index (χ2v) is 5.39. The van der Waals surface area contributed by atoms with Crippen molar-refractivity contribution in [2.24, 2.45) is 17.3 Å². The zero-order valence-electron chi connectivity index (χ0n) is 8.19. The van der Waals surface area contributed by atoms with Gasteiger partial charge in [-0.15, -0.1) is 0 Å². The summed E-state index contributed by atoms with van der Waals surface area (Å²) in [6, 6.07) is 2.44. The average Bonchev–Trinajstić information content (AvgIpc) is 2.74. The average molecular weight is 207 g/mol. The molecule has 2 rings (SSSR count). The molecule has 3 unspecified atom stereocenters. The fourth-order valence-corrected chi connectivity index (χ4v) is 3.37. The molecule has 2 aliphatic rings. The Morgan fingerprint density at radius 1 is 1.71 bits per heavy atom. The Bertz CT molecular complexity index is 331. The Balaban J connectivity index is 2.09. The lowest BCUT2D eigenvalue weighted by Gasteiger charge is -2.27. The first-order chi connectivity index (χ1) is 6.66. The molecule has 0 aromatic rings. The van der Waals surface area contributed by atoms with E-state index in [1.807, 2.05) is 0 Å². The van der Waals surface area contributed by atoms with Crippen LogP contribution in [0, 0.1) is 28.6 Å². The molecule has 0 N–H and O–H groups in total. The van der Waals surface area contributed by atoms with E-state index in [0.29, 0.717) is 17.6 Å². The molecule has 0 radical (unpaired) electrons. The topological polar surface area (TPSA) is 40.9 Å². The highest BCUT2D eigenvalue weighted by molar-refractivity contribution is 8.13. The molecule has 2 bridgehead atoms. The molecule has 0 amide bonds. The fourth-order valence-electron chi connectivity index (χ4n) is 2.51. The smallest absolute Gasteiger partial charge is 0.185 e. The Labute approximate surface area is 88.4 Å². The van der Waals surface area contributed by atoms with Crippen molar-refractivity contribution in [3.8, 4) is 6.07 Å². The lowest BCUT2D eigenvalue weighted by atomic mass is 9.79. The third-order valence-corrected chi connectivity index (χ3v) is 4.33. The highest BCUT2D eigenvalue weighted by Gasteiger charge is 2.48. The molecule has 14 heavy (non-hydrogen) atoms. The van der Waals surface area contributed by atoms with E-state index in [-0.39, 0.29) is 10.5 Å². The number of nitriles is 1. The van der Waals surface area contributed by atoms with Gasteiger partial charge in [0, 0.05) is 12.7 Å². The van der Waals surface area contributed by atoms with Crippen LogP contribution in [0.5, 0.6) is 0 Å². The summed E-state index contributed by atoms with van der Waals surface area (Å²) in [5.41, 5.74) is -0.254. The molecule has 2 aliphatic carbocycles. The first-order valence-corrected chi connectivity index (χ1v) is 5.88. The van der Waals surface area contributed by atoms with Crippen molar-refractivity contribution in [1.29, 1.82) is 5.26 Å².